The minimum atomic E-state index is -1.90. The van der Waals surface area contributed by atoms with E-state index in [0.29, 0.717) is 25.2 Å². The van der Waals surface area contributed by atoms with Crippen LogP contribution in [0.4, 0.5) is 0 Å². The van der Waals surface area contributed by atoms with Crippen molar-refractivity contribution in [3.8, 4) is 0 Å². The van der Waals surface area contributed by atoms with E-state index in [1.807, 2.05) is 0 Å². The van der Waals surface area contributed by atoms with Gasteiger partial charge in [0.1, 0.15) is 48.3 Å². The third kappa shape index (κ3) is 26.9. The van der Waals surface area contributed by atoms with E-state index in [1.165, 1.54) is 36.7 Å². The van der Waals surface area contributed by atoms with Gasteiger partial charge in [0.25, 0.3) is 0 Å². The van der Waals surface area contributed by atoms with Crippen molar-refractivity contribution in [3.05, 3.63) is 12.2 Å². The van der Waals surface area contributed by atoms with Gasteiger partial charge in [0.2, 0.25) is 70.9 Å². The second-order valence-corrected chi connectivity index (χ2v) is 23.1. The van der Waals surface area contributed by atoms with Gasteiger partial charge in [0.05, 0.1) is 45.0 Å². The molecule has 31 nitrogen and oxygen atoms in total. The second-order valence-electron chi connectivity index (χ2n) is 23.1. The molecule has 3 fully saturated rings. The summed E-state index contributed by atoms with van der Waals surface area (Å²) in [7, 11) is 0. The Morgan fingerprint density at radius 2 is 1.07 bits per heavy atom. The highest BCUT2D eigenvalue weighted by atomic mass is 16.4. The first-order valence-electron chi connectivity index (χ1n) is 30.6. The normalized spacial score (nSPS) is 23.9. The smallest absolute Gasteiger partial charge is 0.305 e. The number of piperidine rings is 1. The van der Waals surface area contributed by atoms with Crippen molar-refractivity contribution < 1.29 is 92.3 Å². The zero-order valence-corrected chi connectivity index (χ0v) is 51.5. The van der Waals surface area contributed by atoms with Crippen molar-refractivity contribution >= 4 is 88.8 Å². The molecule has 3 saturated heterocycles. The molecule has 10 atom stereocenters. The first-order chi connectivity index (χ1) is 42.1. The average molecular weight is 1260 g/mol. The Kier molecular flexibility index (Phi) is 32.8. The lowest BCUT2D eigenvalue weighted by Gasteiger charge is -2.37. The minimum absolute atomic E-state index is 0.0160. The third-order valence-electron chi connectivity index (χ3n) is 15.4. The number of hydrogen-bond donors (Lipinski definition) is 14. The predicted octanol–water partition coefficient (Wildman–Crippen LogP) is -2.29. The number of carboxylic acids is 3. The molecule has 31 heteroatoms. The number of carbonyl (C=O) groups excluding carboxylic acids is 12. The van der Waals surface area contributed by atoms with Gasteiger partial charge in [-0.25, -0.2) is 0 Å². The van der Waals surface area contributed by atoms with Gasteiger partial charge in [-0.05, 0) is 69.8 Å². The SMILES string of the molecule is CCC(C)C1NC(=O)C(C(C)O)NC(=O)CNC(=O)C(CC(=O)O)NC(=O)CNC(=O)C(CC(=O)O)NC(=O)CNC(=O)C2CCCCN2C(=O)C(NC(=O)C(CC(=O)O)NC(=O)C=CCCCCCCCCCCC(C)C)CNC(=O)C2CCCN2C1=O. The van der Waals surface area contributed by atoms with Crippen molar-refractivity contribution in [1.82, 2.24) is 63.0 Å². The van der Waals surface area contributed by atoms with E-state index in [4.69, 9.17) is 0 Å². The molecule has 0 aromatic carbocycles. The first-order valence-corrected chi connectivity index (χ1v) is 30.6. The molecule has 0 aromatic rings. The molecule has 3 heterocycles. The molecule has 0 aliphatic carbocycles. The number of unbranched alkanes of at least 4 members (excludes halogenated alkanes) is 8. The fraction of sp³-hybridized carbons (Fsp3) is 0.707. The highest BCUT2D eigenvalue weighted by molar-refractivity contribution is 6.00. The molecule has 0 radical (unpaired) electrons. The van der Waals surface area contributed by atoms with Crippen LogP contribution in [0.15, 0.2) is 12.2 Å². The zero-order chi connectivity index (χ0) is 66.3. The van der Waals surface area contributed by atoms with Crippen LogP contribution in [0.5, 0.6) is 0 Å². The van der Waals surface area contributed by atoms with Crippen molar-refractivity contribution in [2.75, 3.05) is 39.3 Å². The standard InChI is InChI=1S/C58H92N12O19/c1-6-34(4)49-58(89)70-25-19-22-41(70)54(85)59-29-39(66-53(84)38(28-48(80)81)63-42(72)23-16-14-12-10-8-7-9-11-13-15-20-33(2)3)57(88)69-24-18-17-21-40(69)55(86)62-31-44(74)65-36(26-46(76)77)51(82)60-30-43(73)64-37(27-47(78)79)52(83)61-32-45(75)67-50(35(5)71)56(87)68-49/h16,23,33-41,49-50,71H,6-15,17-22,24-32H2,1-5H3,(H,59,85)(H,60,82)(H,61,83)(H,62,86)(H,63,72)(H,64,73)(H,65,74)(H,66,84)(H,67,75)(H,68,87)(H,76,77)(H,78,79)(H,80,81). The summed E-state index contributed by atoms with van der Waals surface area (Å²) in [6.45, 7) is 5.09. The lowest BCUT2D eigenvalue weighted by atomic mass is 9.96. The molecule has 0 saturated carbocycles. The number of fused-ring (bicyclic) bond motifs is 2. The molecule has 12 amide bonds. The van der Waals surface area contributed by atoms with Gasteiger partial charge in [0.15, 0.2) is 0 Å². The van der Waals surface area contributed by atoms with E-state index in [-0.39, 0.29) is 38.8 Å². The van der Waals surface area contributed by atoms with Crippen LogP contribution >= 0.6 is 0 Å². The van der Waals surface area contributed by atoms with Crippen LogP contribution in [0.1, 0.15) is 157 Å². The van der Waals surface area contributed by atoms with Gasteiger partial charge >= 0.3 is 17.9 Å². The predicted molar refractivity (Wildman–Crippen MR) is 316 cm³/mol. The van der Waals surface area contributed by atoms with Gasteiger partial charge < -0.3 is 83.4 Å². The van der Waals surface area contributed by atoms with Crippen LogP contribution in [-0.2, 0) is 71.9 Å². The quantitative estimate of drug-likeness (QED) is 0.0357. The maximum atomic E-state index is 14.8. The van der Waals surface area contributed by atoms with Crippen LogP contribution < -0.4 is 53.2 Å². The maximum absolute atomic E-state index is 14.8. The number of carbonyl (C=O) groups is 15. The van der Waals surface area contributed by atoms with Crippen LogP contribution in [-0.4, -0.2) is 213 Å². The number of amides is 12. The lowest BCUT2D eigenvalue weighted by Crippen LogP contribution is -2.63. The van der Waals surface area contributed by atoms with Crippen LogP contribution in [0.3, 0.4) is 0 Å². The van der Waals surface area contributed by atoms with Crippen molar-refractivity contribution in [1.29, 1.82) is 0 Å². The number of aliphatic carboxylic acids is 3. The van der Waals surface area contributed by atoms with Gasteiger partial charge in [-0.3, -0.25) is 71.9 Å². The summed E-state index contributed by atoms with van der Waals surface area (Å²) in [5.74, 6) is -17.2. The van der Waals surface area contributed by atoms with Gasteiger partial charge in [-0.1, -0.05) is 91.6 Å². The summed E-state index contributed by atoms with van der Waals surface area (Å²) in [6.07, 6.45) is 9.55. The van der Waals surface area contributed by atoms with Crippen molar-refractivity contribution in [2.24, 2.45) is 11.8 Å². The number of carboxylic acid groups (broad SMARTS) is 3. The number of rotatable bonds is 24. The van der Waals surface area contributed by atoms with Crippen molar-refractivity contribution in [3.63, 3.8) is 0 Å². The Morgan fingerprint density at radius 1 is 0.573 bits per heavy atom. The molecule has 3 aliphatic heterocycles. The Balaban J connectivity index is 2.00. The van der Waals surface area contributed by atoms with Gasteiger partial charge in [-0.2, -0.15) is 0 Å². The fourth-order valence-corrected chi connectivity index (χ4v) is 10.3. The van der Waals surface area contributed by atoms with E-state index in [0.717, 1.165) is 43.9 Å². The largest absolute Gasteiger partial charge is 0.481 e. The Morgan fingerprint density at radius 3 is 1.60 bits per heavy atom. The molecular formula is C58H92N12O19. The molecular weight excluding hydrogens is 1170 g/mol. The van der Waals surface area contributed by atoms with Gasteiger partial charge in [-0.15, -0.1) is 0 Å². The molecule has 3 aliphatic rings. The summed E-state index contributed by atoms with van der Waals surface area (Å²) >= 11 is 0. The Bertz CT molecular complexity index is 2550. The van der Waals surface area contributed by atoms with E-state index < -0.39 is 195 Å². The second kappa shape index (κ2) is 38.9. The summed E-state index contributed by atoms with van der Waals surface area (Å²) in [6, 6.07) is -13.2. The number of allylic oxidation sites excluding steroid dienone is 1. The Labute approximate surface area is 516 Å². The lowest BCUT2D eigenvalue weighted by molar-refractivity contribution is -0.146. The zero-order valence-electron chi connectivity index (χ0n) is 51.5. The molecule has 10 unspecified atom stereocenters. The monoisotopic (exact) mass is 1260 g/mol. The van der Waals surface area contributed by atoms with Crippen molar-refractivity contribution in [2.45, 2.75) is 211 Å². The molecule has 0 bridgehead atoms. The van der Waals surface area contributed by atoms with Crippen LogP contribution in [0.25, 0.3) is 0 Å². The maximum Gasteiger partial charge on any atom is 0.305 e. The topological polar surface area (TPSA) is 464 Å². The van der Waals surface area contributed by atoms with E-state index in [2.05, 4.69) is 67.0 Å². The highest BCUT2D eigenvalue weighted by Crippen LogP contribution is 2.23. The Hall–Kier alpha value is -8.25. The molecule has 498 valence electrons. The van der Waals surface area contributed by atoms with E-state index in [1.54, 1.807) is 19.9 Å². The third-order valence-corrected chi connectivity index (χ3v) is 15.4. The molecule has 14 N–H and O–H groups in total. The number of aliphatic hydroxyl groups excluding tert-OH is 1. The molecule has 0 aromatic heterocycles. The number of nitrogens with one attached hydrogen (secondary N) is 10. The van der Waals surface area contributed by atoms with E-state index >= 15 is 0 Å². The number of hydrogen-bond acceptors (Lipinski definition) is 16. The fourth-order valence-electron chi connectivity index (χ4n) is 10.3. The number of aliphatic hydroxyl groups is 1. The average Bonchev–Trinajstić information content (AvgIpc) is 2.09. The number of nitrogens with zero attached hydrogens (tertiary/aromatic N) is 2. The molecule has 3 rings (SSSR count). The first kappa shape index (κ1) is 75.0. The van der Waals surface area contributed by atoms with Crippen LogP contribution in [0.2, 0.25) is 0 Å². The van der Waals surface area contributed by atoms with Crippen LogP contribution in [0, 0.1) is 11.8 Å². The summed E-state index contributed by atoms with van der Waals surface area (Å²) in [4.78, 5) is 202. The van der Waals surface area contributed by atoms with E-state index in [9.17, 15) is 92.3 Å². The molecule has 89 heavy (non-hydrogen) atoms. The van der Waals surface area contributed by atoms with Gasteiger partial charge in [0, 0.05) is 19.6 Å². The summed E-state index contributed by atoms with van der Waals surface area (Å²) < 4.78 is 0. The summed E-state index contributed by atoms with van der Waals surface area (Å²) in [5, 5.41) is 62.5. The minimum Gasteiger partial charge on any atom is -0.481 e. The highest BCUT2D eigenvalue weighted by Gasteiger charge is 2.43. The summed E-state index contributed by atoms with van der Waals surface area (Å²) in [5.41, 5.74) is 0. The molecule has 0 spiro atoms.